The van der Waals surface area contributed by atoms with Crippen molar-refractivity contribution < 1.29 is 13.9 Å². The van der Waals surface area contributed by atoms with E-state index in [1.165, 1.54) is 12.1 Å². The Labute approximate surface area is 134 Å². The summed E-state index contributed by atoms with van der Waals surface area (Å²) in [4.78, 5) is 17.1. The number of hydrazone groups is 1. The van der Waals surface area contributed by atoms with Gasteiger partial charge in [0, 0.05) is 13.1 Å². The molecule has 1 atom stereocenters. The van der Waals surface area contributed by atoms with Crippen molar-refractivity contribution in [2.45, 2.75) is 13.0 Å². The van der Waals surface area contributed by atoms with Crippen molar-refractivity contribution in [2.75, 3.05) is 12.1 Å². The molecular formula is C18H17FN3O+. The van der Waals surface area contributed by atoms with Gasteiger partial charge in [0.1, 0.15) is 11.5 Å². The first-order valence-corrected chi connectivity index (χ1v) is 7.33. The topological polar surface area (TPSA) is 35.7 Å². The van der Waals surface area contributed by atoms with Crippen LogP contribution in [0.25, 0.3) is 0 Å². The summed E-state index contributed by atoms with van der Waals surface area (Å²) in [6.07, 6.45) is 1.60. The SMILES string of the molecule is CC1=[N+](C)N(c2ccccc2)C(=O)[C@@H]1N=Cc1ccc(F)cc1. The molecule has 0 aromatic heterocycles. The largest absolute Gasteiger partial charge is 0.318 e. The molecule has 0 radical (unpaired) electrons. The Morgan fingerprint density at radius 2 is 1.78 bits per heavy atom. The minimum atomic E-state index is -0.565. The number of halogens is 1. The third-order valence-corrected chi connectivity index (χ3v) is 3.89. The zero-order valence-electron chi connectivity index (χ0n) is 13.0. The average Bonchev–Trinajstić information content (AvgIpc) is 2.78. The Morgan fingerprint density at radius 3 is 2.43 bits per heavy atom. The van der Waals surface area contributed by atoms with Crippen molar-refractivity contribution in [3.05, 3.63) is 66.0 Å². The third kappa shape index (κ3) is 2.90. The number of para-hydroxylation sites is 1. The van der Waals surface area contributed by atoms with E-state index in [0.717, 1.165) is 17.0 Å². The molecule has 4 nitrogen and oxygen atoms in total. The average molecular weight is 310 g/mol. The summed E-state index contributed by atoms with van der Waals surface area (Å²) in [5, 5.41) is 1.61. The predicted molar refractivity (Wildman–Crippen MR) is 88.6 cm³/mol. The molecule has 116 valence electrons. The number of carbonyl (C=O) groups excluding carboxylic acids is 1. The number of amides is 1. The maximum Gasteiger partial charge on any atom is 0.318 e. The maximum atomic E-state index is 12.9. The van der Waals surface area contributed by atoms with Crippen LogP contribution in [-0.2, 0) is 4.79 Å². The number of rotatable bonds is 3. The van der Waals surface area contributed by atoms with Gasteiger partial charge in [0.25, 0.3) is 0 Å². The van der Waals surface area contributed by atoms with E-state index in [4.69, 9.17) is 0 Å². The van der Waals surface area contributed by atoms with Gasteiger partial charge in [-0.2, -0.15) is 0 Å². The van der Waals surface area contributed by atoms with Crippen molar-refractivity contribution in [1.29, 1.82) is 0 Å². The van der Waals surface area contributed by atoms with Crippen LogP contribution in [0, 0.1) is 5.82 Å². The smallest absolute Gasteiger partial charge is 0.268 e. The van der Waals surface area contributed by atoms with Crippen LogP contribution in [0.5, 0.6) is 0 Å². The summed E-state index contributed by atoms with van der Waals surface area (Å²) in [6, 6.07) is 14.9. The number of anilines is 1. The van der Waals surface area contributed by atoms with E-state index in [2.05, 4.69) is 4.99 Å². The van der Waals surface area contributed by atoms with Gasteiger partial charge >= 0.3 is 5.91 Å². The fourth-order valence-corrected chi connectivity index (χ4v) is 2.53. The summed E-state index contributed by atoms with van der Waals surface area (Å²) in [5.41, 5.74) is 2.41. The van der Waals surface area contributed by atoms with Crippen LogP contribution < -0.4 is 5.01 Å². The van der Waals surface area contributed by atoms with Crippen LogP contribution in [0.4, 0.5) is 10.1 Å². The molecule has 0 fully saturated rings. The molecule has 1 amide bonds. The van der Waals surface area contributed by atoms with Gasteiger partial charge in [-0.25, -0.2) is 4.39 Å². The lowest BCUT2D eigenvalue weighted by Crippen LogP contribution is -2.35. The van der Waals surface area contributed by atoms with Gasteiger partial charge in [-0.3, -0.25) is 9.79 Å². The van der Waals surface area contributed by atoms with Crippen molar-refractivity contribution in [2.24, 2.45) is 4.99 Å². The van der Waals surface area contributed by atoms with Gasteiger partial charge in [-0.1, -0.05) is 35.3 Å². The molecule has 5 heteroatoms. The van der Waals surface area contributed by atoms with E-state index in [1.807, 2.05) is 49.0 Å². The molecule has 0 saturated carbocycles. The third-order valence-electron chi connectivity index (χ3n) is 3.89. The Bertz CT molecular complexity index is 782. The minimum absolute atomic E-state index is 0.102. The van der Waals surface area contributed by atoms with Gasteiger partial charge < -0.3 is 0 Å². The Kier molecular flexibility index (Phi) is 4.02. The van der Waals surface area contributed by atoms with E-state index >= 15 is 0 Å². The van der Waals surface area contributed by atoms with Crippen LogP contribution in [0.15, 0.2) is 59.6 Å². The van der Waals surface area contributed by atoms with Crippen LogP contribution in [0.1, 0.15) is 12.5 Å². The summed E-state index contributed by atoms with van der Waals surface area (Å²) in [6.45, 7) is 1.88. The highest BCUT2D eigenvalue weighted by Crippen LogP contribution is 2.20. The molecule has 2 aromatic carbocycles. The highest BCUT2D eigenvalue weighted by Gasteiger charge is 2.44. The number of nitrogens with zero attached hydrogens (tertiary/aromatic N) is 3. The van der Waals surface area contributed by atoms with Gasteiger partial charge in [-0.05, 0) is 29.8 Å². The van der Waals surface area contributed by atoms with Crippen molar-refractivity contribution in [1.82, 2.24) is 0 Å². The van der Waals surface area contributed by atoms with Gasteiger partial charge in [-0.15, -0.1) is 4.68 Å². The van der Waals surface area contributed by atoms with Crippen molar-refractivity contribution >= 4 is 23.5 Å². The van der Waals surface area contributed by atoms with E-state index in [0.29, 0.717) is 0 Å². The van der Waals surface area contributed by atoms with Crippen molar-refractivity contribution in [3.8, 4) is 0 Å². The molecule has 0 aliphatic carbocycles. The monoisotopic (exact) mass is 310 g/mol. The molecule has 0 unspecified atom stereocenters. The van der Waals surface area contributed by atoms with E-state index in [-0.39, 0.29) is 11.7 Å². The quantitative estimate of drug-likeness (QED) is 0.634. The maximum absolute atomic E-state index is 12.9. The lowest BCUT2D eigenvalue weighted by Gasteiger charge is -2.10. The normalized spacial score (nSPS) is 18.3. The molecule has 1 aliphatic rings. The molecular weight excluding hydrogens is 293 g/mol. The first-order chi connectivity index (χ1) is 11.1. The molecule has 3 rings (SSSR count). The minimum Gasteiger partial charge on any atom is -0.268 e. The fraction of sp³-hybridized carbons (Fsp3) is 0.167. The van der Waals surface area contributed by atoms with E-state index in [9.17, 15) is 9.18 Å². The standard InChI is InChI=1S/C18H17FN3O/c1-13-17(20-12-14-8-10-15(19)11-9-14)18(23)22(21(13)2)16-6-4-3-5-7-16/h3-12,17H,1-2H3/q+1/t17-/m1/s1. The number of hydrogen-bond acceptors (Lipinski definition) is 2. The number of benzene rings is 2. The summed E-state index contributed by atoms with van der Waals surface area (Å²) in [5.74, 6) is -0.397. The second kappa shape index (κ2) is 6.12. The highest BCUT2D eigenvalue weighted by molar-refractivity contribution is 6.15. The van der Waals surface area contributed by atoms with Gasteiger partial charge in [0.05, 0.1) is 0 Å². The molecule has 0 saturated heterocycles. The van der Waals surface area contributed by atoms with Gasteiger partial charge in [0.2, 0.25) is 11.8 Å². The zero-order chi connectivity index (χ0) is 16.4. The summed E-state index contributed by atoms with van der Waals surface area (Å²) in [7, 11) is 1.84. The molecule has 0 N–H and O–H groups in total. The van der Waals surface area contributed by atoms with E-state index in [1.54, 1.807) is 23.4 Å². The fourth-order valence-electron chi connectivity index (χ4n) is 2.53. The van der Waals surface area contributed by atoms with Crippen LogP contribution in [0.3, 0.4) is 0 Å². The molecule has 2 aromatic rings. The predicted octanol–water partition coefficient (Wildman–Crippen LogP) is 2.68. The first kappa shape index (κ1) is 15.1. The number of carbonyl (C=O) groups is 1. The summed E-state index contributed by atoms with van der Waals surface area (Å²) < 4.78 is 14.7. The van der Waals surface area contributed by atoms with Crippen LogP contribution in [-0.4, -0.2) is 35.6 Å². The Hall–Kier alpha value is -2.82. The lowest BCUT2D eigenvalue weighted by molar-refractivity contribution is -0.495. The molecule has 0 bridgehead atoms. The van der Waals surface area contributed by atoms with Crippen molar-refractivity contribution in [3.63, 3.8) is 0 Å². The molecule has 1 aliphatic heterocycles. The zero-order valence-corrected chi connectivity index (χ0v) is 13.0. The summed E-state index contributed by atoms with van der Waals surface area (Å²) >= 11 is 0. The van der Waals surface area contributed by atoms with Crippen LogP contribution in [0.2, 0.25) is 0 Å². The highest BCUT2D eigenvalue weighted by atomic mass is 19.1. The second-order valence-corrected chi connectivity index (χ2v) is 5.38. The van der Waals surface area contributed by atoms with Gasteiger partial charge in [0.15, 0.2) is 7.05 Å². The number of aliphatic imine (C=N–C) groups is 1. The first-order valence-electron chi connectivity index (χ1n) is 7.33. The molecule has 23 heavy (non-hydrogen) atoms. The molecule has 0 spiro atoms. The Morgan fingerprint density at radius 1 is 1.13 bits per heavy atom. The number of hydrazine groups is 1. The number of hydrogen-bond donors (Lipinski definition) is 0. The van der Waals surface area contributed by atoms with Crippen LogP contribution >= 0.6 is 0 Å². The molecule has 1 heterocycles. The Balaban J connectivity index is 1.87. The lowest BCUT2D eigenvalue weighted by atomic mass is 10.2. The second-order valence-electron chi connectivity index (χ2n) is 5.38. The van der Waals surface area contributed by atoms with E-state index < -0.39 is 6.04 Å².